The molecule has 0 spiro atoms. The number of rotatable bonds is 3. The second-order valence-electron chi connectivity index (χ2n) is 5.39. The van der Waals surface area contributed by atoms with Crippen LogP contribution in [0.25, 0.3) is 6.08 Å². The summed E-state index contributed by atoms with van der Waals surface area (Å²) in [5.74, 6) is -0.157. The lowest BCUT2D eigenvalue weighted by molar-refractivity contribution is 0.0892. The molecule has 4 rings (SSSR count). The number of nitrogens with one attached hydrogen (secondary N) is 1. The maximum atomic E-state index is 12.5. The number of H-pyrrole nitrogens is 1. The molecule has 0 saturated heterocycles. The van der Waals surface area contributed by atoms with Crippen molar-refractivity contribution in [3.63, 3.8) is 0 Å². The molecule has 2 aromatic heterocycles. The minimum absolute atomic E-state index is 0.157. The molecule has 0 bridgehead atoms. The van der Waals surface area contributed by atoms with Crippen molar-refractivity contribution >= 4 is 23.3 Å². The maximum absolute atomic E-state index is 12.5. The smallest absolute Gasteiger partial charge is 0.277 e. The number of phenolic OH excluding ortho intramolecular Hbond substituents is 1. The Morgan fingerprint density at radius 1 is 1.29 bits per heavy atom. The van der Waals surface area contributed by atoms with E-state index in [2.05, 4.69) is 15.0 Å². The summed E-state index contributed by atoms with van der Waals surface area (Å²) >= 11 is 1.19. The quantitative estimate of drug-likeness (QED) is 0.704. The Morgan fingerprint density at radius 3 is 2.75 bits per heavy atom. The van der Waals surface area contributed by atoms with E-state index in [1.807, 2.05) is 0 Å². The molecule has 0 saturated carbocycles. The summed E-state index contributed by atoms with van der Waals surface area (Å²) in [5, 5.41) is 9.30. The van der Waals surface area contributed by atoms with Crippen LogP contribution < -0.4 is 14.9 Å². The van der Waals surface area contributed by atoms with Crippen LogP contribution in [0.4, 0.5) is 0 Å². The van der Waals surface area contributed by atoms with Crippen LogP contribution >= 0.6 is 11.3 Å². The third kappa shape index (κ3) is 2.46. The number of phenols is 1. The van der Waals surface area contributed by atoms with Gasteiger partial charge in [0.1, 0.15) is 11.8 Å². The van der Waals surface area contributed by atoms with Crippen LogP contribution in [0.3, 0.4) is 0 Å². The van der Waals surface area contributed by atoms with E-state index < -0.39 is 6.04 Å². The number of carbonyl (C=O) groups excluding carboxylic acids is 1. The van der Waals surface area contributed by atoms with Crippen molar-refractivity contribution in [2.75, 3.05) is 0 Å². The first-order valence-electron chi connectivity index (χ1n) is 7.24. The molecular weight excluding hydrogens is 328 g/mol. The number of aromatic amines is 1. The van der Waals surface area contributed by atoms with E-state index >= 15 is 0 Å². The molecule has 0 amide bonds. The predicted molar refractivity (Wildman–Crippen MR) is 87.7 cm³/mol. The van der Waals surface area contributed by atoms with E-state index in [9.17, 15) is 14.7 Å². The van der Waals surface area contributed by atoms with E-state index in [4.69, 9.17) is 0 Å². The first kappa shape index (κ1) is 14.6. The van der Waals surface area contributed by atoms with E-state index in [-0.39, 0.29) is 17.2 Å². The number of fused-ring (bicyclic) bond motifs is 1. The molecule has 1 aliphatic heterocycles. The number of nitrogens with zero attached hydrogens (tertiary/aromatic N) is 3. The largest absolute Gasteiger partial charge is 0.508 e. The average Bonchev–Trinajstić information content (AvgIpc) is 3.24. The molecular formula is C16H12N4O3S. The Labute approximate surface area is 139 Å². The fourth-order valence-corrected chi connectivity index (χ4v) is 3.57. The van der Waals surface area contributed by atoms with Gasteiger partial charge in [-0.1, -0.05) is 23.5 Å². The standard InChI is InChI=1S/C16H12N4O3S/c21-11-3-1-9(2-4-11)5-13-15(23)20-14(22)12(19-16(20)24-13)6-10-7-17-8-18-10/h1-5,7-8,12,21H,6H2,(H,17,18)/b13-5+/t12-/m0/s1. The summed E-state index contributed by atoms with van der Waals surface area (Å²) in [5.41, 5.74) is 1.21. The van der Waals surface area contributed by atoms with Gasteiger partial charge in [0.15, 0.2) is 4.80 Å². The van der Waals surface area contributed by atoms with Crippen LogP contribution in [0.15, 0.2) is 46.6 Å². The maximum Gasteiger partial charge on any atom is 0.277 e. The highest BCUT2D eigenvalue weighted by Crippen LogP contribution is 2.10. The highest BCUT2D eigenvalue weighted by atomic mass is 32.1. The van der Waals surface area contributed by atoms with Gasteiger partial charge in [-0.2, -0.15) is 0 Å². The first-order valence-corrected chi connectivity index (χ1v) is 8.05. The van der Waals surface area contributed by atoms with Gasteiger partial charge in [-0.3, -0.25) is 9.59 Å². The molecule has 1 atom stereocenters. The molecule has 120 valence electrons. The molecule has 1 aromatic carbocycles. The van der Waals surface area contributed by atoms with Crippen molar-refractivity contribution < 1.29 is 9.90 Å². The number of thiazole rings is 1. The Hall–Kier alpha value is -3.00. The average molecular weight is 340 g/mol. The van der Waals surface area contributed by atoms with Crippen molar-refractivity contribution in [1.29, 1.82) is 0 Å². The molecule has 0 aliphatic carbocycles. The first-order chi connectivity index (χ1) is 11.6. The van der Waals surface area contributed by atoms with E-state index in [0.717, 1.165) is 15.8 Å². The lowest BCUT2D eigenvalue weighted by atomic mass is 10.2. The topological polar surface area (TPSA) is 100 Å². The minimum Gasteiger partial charge on any atom is -0.508 e. The summed E-state index contributed by atoms with van der Waals surface area (Å²) in [6.45, 7) is 0. The fraction of sp³-hybridized carbons (Fsp3) is 0.125. The van der Waals surface area contributed by atoms with Crippen molar-refractivity contribution in [3.05, 3.63) is 67.7 Å². The van der Waals surface area contributed by atoms with Crippen molar-refractivity contribution in [2.24, 2.45) is 4.99 Å². The Morgan fingerprint density at radius 2 is 2.08 bits per heavy atom. The molecule has 2 N–H and O–H groups in total. The van der Waals surface area contributed by atoms with Gasteiger partial charge in [-0.05, 0) is 23.8 Å². The van der Waals surface area contributed by atoms with Crippen molar-refractivity contribution in [1.82, 2.24) is 14.5 Å². The summed E-state index contributed by atoms with van der Waals surface area (Å²) in [7, 11) is 0. The van der Waals surface area contributed by atoms with Gasteiger partial charge in [0, 0.05) is 18.3 Å². The molecule has 3 heterocycles. The van der Waals surface area contributed by atoms with Gasteiger partial charge in [0.2, 0.25) is 0 Å². The molecule has 24 heavy (non-hydrogen) atoms. The predicted octanol–water partition coefficient (Wildman–Crippen LogP) is 0.0520. The molecule has 1 aliphatic rings. The lowest BCUT2D eigenvalue weighted by Crippen LogP contribution is -2.36. The van der Waals surface area contributed by atoms with E-state index in [0.29, 0.717) is 15.8 Å². The number of hydrogen-bond acceptors (Lipinski definition) is 6. The van der Waals surface area contributed by atoms with Crippen LogP contribution in [0, 0.1) is 0 Å². The van der Waals surface area contributed by atoms with Gasteiger partial charge < -0.3 is 10.1 Å². The van der Waals surface area contributed by atoms with Crippen molar-refractivity contribution in [3.8, 4) is 5.75 Å². The highest BCUT2D eigenvalue weighted by Gasteiger charge is 2.29. The number of hydrogen-bond donors (Lipinski definition) is 2. The number of imidazole rings is 1. The summed E-state index contributed by atoms with van der Waals surface area (Å²) in [4.78, 5) is 36.6. The van der Waals surface area contributed by atoms with Gasteiger partial charge in [0.25, 0.3) is 11.5 Å². The summed E-state index contributed by atoms with van der Waals surface area (Å²) in [6, 6.07) is 5.89. The summed E-state index contributed by atoms with van der Waals surface area (Å²) < 4.78 is 1.57. The SMILES string of the molecule is O=C1[C@H](Cc2cnc[nH]2)N=c2s/c(=C/c3ccc(O)cc3)c(=O)n21. The second-order valence-corrected chi connectivity index (χ2v) is 6.40. The molecule has 8 heteroatoms. The van der Waals surface area contributed by atoms with Gasteiger partial charge in [0.05, 0.1) is 10.9 Å². The number of aromatic nitrogens is 3. The normalized spacial score (nSPS) is 17.1. The zero-order valence-electron chi connectivity index (χ0n) is 12.3. The van der Waals surface area contributed by atoms with Crippen LogP contribution in [-0.2, 0) is 6.42 Å². The van der Waals surface area contributed by atoms with Crippen LogP contribution in [0.5, 0.6) is 5.75 Å². The second kappa shape index (κ2) is 5.57. The molecule has 3 aromatic rings. The van der Waals surface area contributed by atoms with Gasteiger partial charge in [-0.25, -0.2) is 14.5 Å². The third-order valence-electron chi connectivity index (χ3n) is 3.74. The third-order valence-corrected chi connectivity index (χ3v) is 4.72. The summed E-state index contributed by atoms with van der Waals surface area (Å²) in [6.07, 6.45) is 5.26. The zero-order valence-corrected chi connectivity index (χ0v) is 13.2. The fourth-order valence-electron chi connectivity index (χ4n) is 2.55. The highest BCUT2D eigenvalue weighted by molar-refractivity contribution is 7.07. The Balaban J connectivity index is 1.73. The van der Waals surface area contributed by atoms with E-state index in [1.165, 1.54) is 11.3 Å². The molecule has 0 fully saturated rings. The van der Waals surface area contributed by atoms with Crippen LogP contribution in [0.2, 0.25) is 0 Å². The lowest BCUT2D eigenvalue weighted by Gasteiger charge is -2.02. The molecule has 0 radical (unpaired) electrons. The molecule has 7 nitrogen and oxygen atoms in total. The van der Waals surface area contributed by atoms with E-state index in [1.54, 1.807) is 42.9 Å². The minimum atomic E-state index is -0.591. The number of benzene rings is 1. The number of carbonyl (C=O) groups is 1. The van der Waals surface area contributed by atoms with Crippen molar-refractivity contribution in [2.45, 2.75) is 12.5 Å². The monoisotopic (exact) mass is 340 g/mol. The Kier molecular flexibility index (Phi) is 3.39. The van der Waals surface area contributed by atoms with Gasteiger partial charge >= 0.3 is 0 Å². The number of aromatic hydroxyl groups is 1. The zero-order chi connectivity index (χ0) is 16.7. The van der Waals surface area contributed by atoms with Gasteiger partial charge in [-0.15, -0.1) is 0 Å². The van der Waals surface area contributed by atoms with Crippen LogP contribution in [0.1, 0.15) is 16.1 Å². The molecule has 0 unspecified atom stereocenters. The Bertz CT molecular complexity index is 1080. The van der Waals surface area contributed by atoms with Crippen LogP contribution in [-0.4, -0.2) is 31.6 Å².